The van der Waals surface area contributed by atoms with Crippen molar-refractivity contribution in [3.05, 3.63) is 146 Å². The monoisotopic (exact) mass is 558 g/mol. The second kappa shape index (κ2) is 11.0. The summed E-state index contributed by atoms with van der Waals surface area (Å²) in [6.07, 6.45) is 0. The van der Waals surface area contributed by atoms with Crippen LogP contribution in [0.3, 0.4) is 0 Å². The Balaban J connectivity index is 1.27. The van der Waals surface area contributed by atoms with Gasteiger partial charge in [0.1, 0.15) is 0 Å². The third-order valence-electron chi connectivity index (χ3n) is 7.27. The lowest BCUT2D eigenvalue weighted by atomic mass is 9.98. The second-order valence-corrected chi connectivity index (χ2v) is 11.2. The van der Waals surface area contributed by atoms with Crippen molar-refractivity contribution in [3.8, 4) is 34.2 Å². The molecule has 0 aliphatic heterocycles. The zero-order valence-corrected chi connectivity index (χ0v) is 23.6. The fourth-order valence-corrected chi connectivity index (χ4v) is 5.93. The minimum atomic E-state index is 0.647. The maximum absolute atomic E-state index is 6.16. The summed E-state index contributed by atoms with van der Waals surface area (Å²) in [4.78, 5) is 16.6. The highest BCUT2D eigenvalue weighted by molar-refractivity contribution is 8.08. The number of benzene rings is 6. The maximum Gasteiger partial charge on any atom is 0.164 e. The molecule has 0 bridgehead atoms. The molecular weight excluding hydrogens is 533 g/mol. The molecule has 0 fully saturated rings. The van der Waals surface area contributed by atoms with Gasteiger partial charge < -0.3 is 5.73 Å². The first kappa shape index (κ1) is 25.7. The Labute approximate surface area is 248 Å². The number of nitrogen functional groups attached to an aromatic ring is 1. The molecule has 0 radical (unpaired) electrons. The van der Waals surface area contributed by atoms with Gasteiger partial charge in [0.2, 0.25) is 0 Å². The third-order valence-corrected chi connectivity index (χ3v) is 8.34. The van der Waals surface area contributed by atoms with Gasteiger partial charge in [-0.1, -0.05) is 128 Å². The summed E-state index contributed by atoms with van der Waals surface area (Å²) in [7, 11) is 0. The molecule has 2 N–H and O–H groups in total. The molecule has 7 rings (SSSR count). The van der Waals surface area contributed by atoms with E-state index in [1.165, 1.54) is 10.8 Å². The summed E-state index contributed by atoms with van der Waals surface area (Å²) >= 11 is 1.60. The lowest BCUT2D eigenvalue weighted by Gasteiger charge is -2.11. The van der Waals surface area contributed by atoms with E-state index >= 15 is 0 Å². The number of nitrogens with zero attached hydrogens (tertiary/aromatic N) is 3. The molecule has 0 saturated carbocycles. The van der Waals surface area contributed by atoms with E-state index in [4.69, 9.17) is 20.7 Å². The fourth-order valence-electron chi connectivity index (χ4n) is 5.09. The van der Waals surface area contributed by atoms with Gasteiger partial charge in [-0.2, -0.15) is 0 Å². The molecule has 1 heterocycles. The minimum Gasteiger partial charge on any atom is -0.398 e. The summed E-state index contributed by atoms with van der Waals surface area (Å²) < 4.78 is 0. The summed E-state index contributed by atoms with van der Waals surface area (Å²) in [6.45, 7) is 4.32. The van der Waals surface area contributed by atoms with Crippen LogP contribution in [0.15, 0.2) is 145 Å². The van der Waals surface area contributed by atoms with Crippen LogP contribution in [0.5, 0.6) is 0 Å². The van der Waals surface area contributed by atoms with Crippen LogP contribution in [-0.2, 0) is 0 Å². The molecule has 0 atom stereocenters. The molecule has 0 spiro atoms. The minimum absolute atomic E-state index is 0.647. The number of anilines is 1. The van der Waals surface area contributed by atoms with Crippen LogP contribution in [0.4, 0.5) is 5.69 Å². The summed E-state index contributed by atoms with van der Waals surface area (Å²) in [5.41, 5.74) is 10.9. The molecular formula is C37H26N4S. The van der Waals surface area contributed by atoms with Gasteiger partial charge in [0.15, 0.2) is 17.5 Å². The average molecular weight is 559 g/mol. The van der Waals surface area contributed by atoms with Crippen molar-refractivity contribution in [1.82, 2.24) is 15.0 Å². The van der Waals surface area contributed by atoms with Gasteiger partial charge in [-0.25, -0.2) is 15.0 Å². The second-order valence-electron chi connectivity index (χ2n) is 10.0. The summed E-state index contributed by atoms with van der Waals surface area (Å²) in [5, 5.41) is 4.65. The topological polar surface area (TPSA) is 64.7 Å². The van der Waals surface area contributed by atoms with E-state index in [0.29, 0.717) is 17.5 Å². The zero-order chi connectivity index (χ0) is 28.5. The van der Waals surface area contributed by atoms with Crippen LogP contribution in [0, 0.1) is 0 Å². The fraction of sp³-hybridized carbons (Fsp3) is 0. The third kappa shape index (κ3) is 5.02. The molecule has 0 amide bonds. The number of aromatic nitrogens is 3. The van der Waals surface area contributed by atoms with E-state index in [9.17, 15) is 0 Å². The number of hydrogen-bond acceptors (Lipinski definition) is 5. The standard InChI is InChI=1S/C37H26N4S/c1-24(42-34-15-9-8-14-33(34)38)27-18-20-31-28(22-27)16-17-29-23-30(19-21-32(29)31)37-40-35(25-10-4-2-5-11-25)39-36(41-37)26-12-6-3-7-13-26/h2-23H,1,38H2. The van der Waals surface area contributed by atoms with Gasteiger partial charge in [-0.3, -0.25) is 0 Å². The number of fused-ring (bicyclic) bond motifs is 3. The van der Waals surface area contributed by atoms with Crippen molar-refractivity contribution < 1.29 is 0 Å². The first-order valence-electron chi connectivity index (χ1n) is 13.7. The molecule has 7 aromatic rings. The van der Waals surface area contributed by atoms with E-state index in [2.05, 4.69) is 55.1 Å². The van der Waals surface area contributed by atoms with Gasteiger partial charge in [0.05, 0.1) is 0 Å². The van der Waals surface area contributed by atoms with Gasteiger partial charge in [0.25, 0.3) is 0 Å². The number of para-hydroxylation sites is 1. The molecule has 4 nitrogen and oxygen atoms in total. The molecule has 0 aliphatic rings. The van der Waals surface area contributed by atoms with Crippen molar-refractivity contribution in [1.29, 1.82) is 0 Å². The van der Waals surface area contributed by atoms with Gasteiger partial charge in [-0.05, 0) is 51.4 Å². The highest BCUT2D eigenvalue weighted by Crippen LogP contribution is 2.38. The van der Waals surface area contributed by atoms with E-state index in [0.717, 1.165) is 48.5 Å². The molecule has 1 aromatic heterocycles. The highest BCUT2D eigenvalue weighted by Gasteiger charge is 2.13. The Morgan fingerprint density at radius 2 is 1.05 bits per heavy atom. The van der Waals surface area contributed by atoms with Crippen molar-refractivity contribution in [2.75, 3.05) is 5.73 Å². The van der Waals surface area contributed by atoms with Crippen LogP contribution in [0.2, 0.25) is 0 Å². The normalized spacial score (nSPS) is 11.1. The Morgan fingerprint density at radius 1 is 0.524 bits per heavy atom. The number of hydrogen-bond donors (Lipinski definition) is 1. The Hall–Kier alpha value is -5.26. The Kier molecular flexibility index (Phi) is 6.70. The van der Waals surface area contributed by atoms with Crippen LogP contribution in [0.1, 0.15) is 5.56 Å². The number of thioether (sulfide) groups is 1. The SMILES string of the molecule is C=C(Sc1ccccc1N)c1ccc2c(ccc3cc(-c4nc(-c5ccccc5)nc(-c5ccccc5)n4)ccc32)c1. The molecule has 200 valence electrons. The molecule has 0 aliphatic carbocycles. The van der Waals surface area contributed by atoms with Crippen molar-refractivity contribution in [2.24, 2.45) is 0 Å². The molecule has 6 aromatic carbocycles. The Bertz CT molecular complexity index is 2030. The molecule has 5 heteroatoms. The largest absolute Gasteiger partial charge is 0.398 e. The van der Waals surface area contributed by atoms with E-state index in [-0.39, 0.29) is 0 Å². The van der Waals surface area contributed by atoms with Gasteiger partial charge in [0, 0.05) is 32.2 Å². The van der Waals surface area contributed by atoms with Crippen LogP contribution in [-0.4, -0.2) is 15.0 Å². The first-order chi connectivity index (χ1) is 20.6. The van der Waals surface area contributed by atoms with Crippen molar-refractivity contribution >= 4 is 43.9 Å². The zero-order valence-electron chi connectivity index (χ0n) is 22.7. The highest BCUT2D eigenvalue weighted by atomic mass is 32.2. The van der Waals surface area contributed by atoms with Crippen LogP contribution >= 0.6 is 11.8 Å². The van der Waals surface area contributed by atoms with Crippen LogP contribution < -0.4 is 5.73 Å². The average Bonchev–Trinajstić information content (AvgIpc) is 3.05. The van der Waals surface area contributed by atoms with Crippen LogP contribution in [0.25, 0.3) is 60.6 Å². The summed E-state index contributed by atoms with van der Waals surface area (Å²) in [5.74, 6) is 1.95. The lowest BCUT2D eigenvalue weighted by molar-refractivity contribution is 1.07. The van der Waals surface area contributed by atoms with Crippen molar-refractivity contribution in [2.45, 2.75) is 4.90 Å². The quantitative estimate of drug-likeness (QED) is 0.125. The van der Waals surface area contributed by atoms with E-state index < -0.39 is 0 Å². The molecule has 0 saturated heterocycles. The predicted molar refractivity (Wildman–Crippen MR) is 177 cm³/mol. The van der Waals surface area contributed by atoms with Crippen molar-refractivity contribution in [3.63, 3.8) is 0 Å². The predicted octanol–water partition coefficient (Wildman–Crippen LogP) is 9.52. The Morgan fingerprint density at radius 3 is 1.67 bits per heavy atom. The smallest absolute Gasteiger partial charge is 0.164 e. The first-order valence-corrected chi connectivity index (χ1v) is 14.5. The van der Waals surface area contributed by atoms with Gasteiger partial charge in [-0.15, -0.1) is 0 Å². The lowest BCUT2D eigenvalue weighted by Crippen LogP contribution is -2.00. The van der Waals surface area contributed by atoms with E-state index in [1.807, 2.05) is 84.9 Å². The number of rotatable bonds is 6. The molecule has 0 unspecified atom stereocenters. The van der Waals surface area contributed by atoms with E-state index in [1.54, 1.807) is 11.8 Å². The van der Waals surface area contributed by atoms with Gasteiger partial charge >= 0.3 is 0 Å². The number of nitrogens with two attached hydrogens (primary N) is 1. The summed E-state index contributed by atoms with van der Waals surface area (Å²) in [6, 6.07) is 45.2. The molecule has 42 heavy (non-hydrogen) atoms. The maximum atomic E-state index is 6.16.